The maximum absolute atomic E-state index is 12.2. The van der Waals surface area contributed by atoms with Crippen LogP contribution in [-0.4, -0.2) is 78.0 Å². The van der Waals surface area contributed by atoms with Crippen molar-refractivity contribution in [3.63, 3.8) is 0 Å². The predicted octanol–water partition coefficient (Wildman–Crippen LogP) is -0.0466. The average molecular weight is 333 g/mol. The molecule has 0 aliphatic carbocycles. The van der Waals surface area contributed by atoms with Crippen LogP contribution in [0.25, 0.3) is 0 Å². The summed E-state index contributed by atoms with van der Waals surface area (Å²) in [5.74, 6) is 0.453. The van der Waals surface area contributed by atoms with Crippen LogP contribution in [0.2, 0.25) is 0 Å². The van der Waals surface area contributed by atoms with E-state index in [1.54, 1.807) is 18.1 Å². The zero-order valence-electron chi connectivity index (χ0n) is 14.0. The van der Waals surface area contributed by atoms with E-state index in [1.165, 1.54) is 0 Å². The third-order valence-electron chi connectivity index (χ3n) is 4.64. The van der Waals surface area contributed by atoms with Crippen molar-refractivity contribution in [3.8, 4) is 0 Å². The van der Waals surface area contributed by atoms with Crippen LogP contribution in [0.15, 0.2) is 6.20 Å². The number of hydrogen-bond acceptors (Lipinski definition) is 6. The number of primary amides is 1. The highest BCUT2D eigenvalue weighted by atomic mass is 16.2. The lowest BCUT2D eigenvalue weighted by atomic mass is 10.0. The summed E-state index contributed by atoms with van der Waals surface area (Å²) in [6.45, 7) is 3.10. The number of nitrogens with two attached hydrogens (primary N) is 1. The standard InChI is InChI=1S/C15H23N7O2/c1-17-14-12(13(16)23)18-8-11(19-14)21-5-3-4-10(9-21)22-7-6-20(2)15(22)24/h8,10H,3-7,9H2,1-2H3,(H2,16,23)(H,17,19)/t10-/m0/s1. The van der Waals surface area contributed by atoms with Crippen LogP contribution in [0, 0.1) is 0 Å². The molecule has 130 valence electrons. The Kier molecular flexibility index (Phi) is 4.41. The summed E-state index contributed by atoms with van der Waals surface area (Å²) in [6.07, 6.45) is 3.54. The fourth-order valence-electron chi connectivity index (χ4n) is 3.31. The number of likely N-dealkylation sites (N-methyl/N-ethyl adjacent to an activating group) is 1. The molecule has 3 heterocycles. The number of amides is 3. The van der Waals surface area contributed by atoms with Crippen LogP contribution in [-0.2, 0) is 0 Å². The van der Waals surface area contributed by atoms with Crippen molar-refractivity contribution in [3.05, 3.63) is 11.9 Å². The topological polar surface area (TPSA) is 108 Å². The number of anilines is 2. The van der Waals surface area contributed by atoms with Gasteiger partial charge in [-0.2, -0.15) is 0 Å². The van der Waals surface area contributed by atoms with Gasteiger partial charge in [0.15, 0.2) is 11.5 Å². The van der Waals surface area contributed by atoms with Crippen LogP contribution < -0.4 is 16.0 Å². The summed E-state index contributed by atoms with van der Waals surface area (Å²) in [7, 11) is 3.51. The maximum Gasteiger partial charge on any atom is 0.320 e. The highest BCUT2D eigenvalue weighted by Gasteiger charge is 2.34. The van der Waals surface area contributed by atoms with Crippen LogP contribution in [0.3, 0.4) is 0 Å². The van der Waals surface area contributed by atoms with Gasteiger partial charge in [-0.1, -0.05) is 0 Å². The fraction of sp³-hybridized carbons (Fsp3) is 0.600. The number of rotatable bonds is 4. The summed E-state index contributed by atoms with van der Waals surface area (Å²) in [4.78, 5) is 38.0. The molecule has 0 unspecified atom stereocenters. The minimum absolute atomic E-state index is 0.0907. The molecule has 1 atom stereocenters. The number of nitrogens with one attached hydrogen (secondary N) is 1. The molecule has 2 aliphatic rings. The molecule has 1 aromatic rings. The van der Waals surface area contributed by atoms with Crippen LogP contribution in [0.1, 0.15) is 23.3 Å². The first-order valence-electron chi connectivity index (χ1n) is 8.12. The molecule has 0 spiro atoms. The Morgan fingerprint density at radius 1 is 1.38 bits per heavy atom. The van der Waals surface area contributed by atoms with E-state index in [0.717, 1.165) is 32.5 Å². The van der Waals surface area contributed by atoms with Crippen molar-refractivity contribution in [2.45, 2.75) is 18.9 Å². The van der Waals surface area contributed by atoms with E-state index in [4.69, 9.17) is 5.73 Å². The van der Waals surface area contributed by atoms with E-state index < -0.39 is 5.91 Å². The van der Waals surface area contributed by atoms with Crippen molar-refractivity contribution >= 4 is 23.6 Å². The number of hydrogen-bond donors (Lipinski definition) is 2. The number of piperidine rings is 1. The van der Waals surface area contributed by atoms with E-state index in [2.05, 4.69) is 20.2 Å². The van der Waals surface area contributed by atoms with Gasteiger partial charge in [-0.05, 0) is 12.8 Å². The second kappa shape index (κ2) is 6.50. The third-order valence-corrected chi connectivity index (χ3v) is 4.64. The smallest absolute Gasteiger partial charge is 0.320 e. The molecule has 0 aromatic carbocycles. The van der Waals surface area contributed by atoms with E-state index in [-0.39, 0.29) is 17.8 Å². The molecule has 2 fully saturated rings. The van der Waals surface area contributed by atoms with E-state index in [0.29, 0.717) is 18.2 Å². The minimum atomic E-state index is -0.611. The summed E-state index contributed by atoms with van der Waals surface area (Å²) in [5, 5.41) is 2.86. The SMILES string of the molecule is CNc1nc(N2CCC[C@H](N3CCN(C)C3=O)C2)cnc1C(N)=O. The van der Waals surface area contributed by atoms with Gasteiger partial charge in [0.2, 0.25) is 0 Å². The maximum atomic E-state index is 12.2. The van der Waals surface area contributed by atoms with Crippen molar-refractivity contribution in [2.75, 3.05) is 50.5 Å². The molecular weight excluding hydrogens is 310 g/mol. The summed E-state index contributed by atoms with van der Waals surface area (Å²) < 4.78 is 0. The monoisotopic (exact) mass is 333 g/mol. The number of nitrogens with zero attached hydrogens (tertiary/aromatic N) is 5. The molecule has 2 saturated heterocycles. The van der Waals surface area contributed by atoms with Gasteiger partial charge in [0.1, 0.15) is 5.82 Å². The Labute approximate surface area is 140 Å². The molecule has 9 heteroatoms. The van der Waals surface area contributed by atoms with Gasteiger partial charge in [0.05, 0.1) is 12.2 Å². The number of carbonyl (C=O) groups is 2. The summed E-state index contributed by atoms with van der Waals surface area (Å²) in [5.41, 5.74) is 5.44. The van der Waals surface area contributed by atoms with Crippen molar-refractivity contribution in [1.29, 1.82) is 0 Å². The highest BCUT2D eigenvalue weighted by molar-refractivity contribution is 5.95. The summed E-state index contributed by atoms with van der Waals surface area (Å²) >= 11 is 0. The van der Waals surface area contributed by atoms with Gasteiger partial charge in [0.25, 0.3) is 5.91 Å². The van der Waals surface area contributed by atoms with Gasteiger partial charge in [-0.25, -0.2) is 14.8 Å². The molecule has 9 nitrogen and oxygen atoms in total. The Hall–Kier alpha value is -2.58. The van der Waals surface area contributed by atoms with Gasteiger partial charge < -0.3 is 25.8 Å². The first-order chi connectivity index (χ1) is 11.5. The molecule has 0 bridgehead atoms. The Morgan fingerprint density at radius 2 is 2.17 bits per heavy atom. The number of urea groups is 1. The lowest BCUT2D eigenvalue weighted by Crippen LogP contribution is -2.49. The highest BCUT2D eigenvalue weighted by Crippen LogP contribution is 2.24. The fourth-order valence-corrected chi connectivity index (χ4v) is 3.31. The molecule has 0 radical (unpaired) electrons. The Morgan fingerprint density at radius 3 is 2.79 bits per heavy atom. The molecule has 3 N–H and O–H groups in total. The van der Waals surface area contributed by atoms with E-state index in [9.17, 15) is 9.59 Å². The molecule has 1 aromatic heterocycles. The third kappa shape index (κ3) is 2.93. The van der Waals surface area contributed by atoms with Gasteiger partial charge in [-0.3, -0.25) is 4.79 Å². The van der Waals surface area contributed by atoms with Gasteiger partial charge in [0, 0.05) is 40.3 Å². The Bertz CT molecular complexity index is 651. The first kappa shape index (κ1) is 16.3. The first-order valence-corrected chi connectivity index (χ1v) is 8.12. The molecular formula is C15H23N7O2. The molecule has 3 rings (SSSR count). The largest absolute Gasteiger partial charge is 0.371 e. The van der Waals surface area contributed by atoms with Crippen molar-refractivity contribution < 1.29 is 9.59 Å². The van der Waals surface area contributed by atoms with Crippen LogP contribution in [0.5, 0.6) is 0 Å². The molecule has 24 heavy (non-hydrogen) atoms. The van der Waals surface area contributed by atoms with Crippen molar-refractivity contribution in [2.24, 2.45) is 5.73 Å². The molecule has 3 amide bonds. The van der Waals surface area contributed by atoms with E-state index >= 15 is 0 Å². The zero-order chi connectivity index (χ0) is 17.3. The quantitative estimate of drug-likeness (QED) is 0.800. The lowest BCUT2D eigenvalue weighted by Gasteiger charge is -2.37. The van der Waals surface area contributed by atoms with E-state index in [1.807, 2.05) is 11.9 Å². The minimum Gasteiger partial charge on any atom is -0.371 e. The molecule has 2 aliphatic heterocycles. The second-order valence-electron chi connectivity index (χ2n) is 6.18. The summed E-state index contributed by atoms with van der Waals surface area (Å²) in [6, 6.07) is 0.264. The van der Waals surface area contributed by atoms with Crippen molar-refractivity contribution in [1.82, 2.24) is 19.8 Å². The predicted molar refractivity (Wildman–Crippen MR) is 90.1 cm³/mol. The zero-order valence-corrected chi connectivity index (χ0v) is 14.0. The number of aromatic nitrogens is 2. The van der Waals surface area contributed by atoms with Gasteiger partial charge >= 0.3 is 6.03 Å². The van der Waals surface area contributed by atoms with Gasteiger partial charge in [-0.15, -0.1) is 0 Å². The normalized spacial score (nSPS) is 21.3. The second-order valence-corrected chi connectivity index (χ2v) is 6.18. The lowest BCUT2D eigenvalue weighted by molar-refractivity contribution is 0.0996. The Balaban J connectivity index is 1.77. The number of carbonyl (C=O) groups excluding carboxylic acids is 2. The van der Waals surface area contributed by atoms with Crippen LogP contribution in [0.4, 0.5) is 16.4 Å². The molecule has 0 saturated carbocycles. The average Bonchev–Trinajstić information content (AvgIpc) is 2.93. The van der Waals surface area contributed by atoms with Crippen LogP contribution >= 0.6 is 0 Å².